The molecule has 1 aromatic carbocycles. The van der Waals surface area contributed by atoms with Crippen LogP contribution in [0.15, 0.2) is 30.3 Å². The fourth-order valence-corrected chi connectivity index (χ4v) is 1.75. The standard InChI is InChI=1S/C16H24N2O4/c1-11(21-10-12-8-6-5-7-9-12)13(14(17)19)18-15(20)22-16(2,3)4/h5-9,11,13H,10H2,1-4H3,(H2,17,19)(H,18,20)/t11-,13+/m1/s1. The second kappa shape index (κ2) is 7.79. The molecule has 0 aliphatic carbocycles. The molecule has 0 radical (unpaired) electrons. The van der Waals surface area contributed by atoms with E-state index in [1.807, 2.05) is 30.3 Å². The molecule has 0 unspecified atom stereocenters. The zero-order valence-corrected chi connectivity index (χ0v) is 13.5. The number of alkyl carbamates (subject to hydrolysis) is 1. The number of benzene rings is 1. The highest BCUT2D eigenvalue weighted by atomic mass is 16.6. The third-order valence-electron chi connectivity index (χ3n) is 2.80. The minimum Gasteiger partial charge on any atom is -0.444 e. The molecule has 1 rings (SSSR count). The summed E-state index contributed by atoms with van der Waals surface area (Å²) in [4.78, 5) is 23.3. The zero-order chi connectivity index (χ0) is 16.8. The molecule has 0 aromatic heterocycles. The maximum absolute atomic E-state index is 11.8. The van der Waals surface area contributed by atoms with Gasteiger partial charge in [0.05, 0.1) is 12.7 Å². The van der Waals surface area contributed by atoms with Crippen LogP contribution in [0.2, 0.25) is 0 Å². The molecule has 0 saturated heterocycles. The Morgan fingerprint density at radius 3 is 2.32 bits per heavy atom. The van der Waals surface area contributed by atoms with Crippen molar-refractivity contribution >= 4 is 12.0 Å². The molecule has 0 fully saturated rings. The van der Waals surface area contributed by atoms with Gasteiger partial charge in [0.2, 0.25) is 5.91 Å². The van der Waals surface area contributed by atoms with Gasteiger partial charge in [-0.1, -0.05) is 30.3 Å². The summed E-state index contributed by atoms with van der Waals surface area (Å²) in [5.74, 6) is -0.675. The molecule has 1 aromatic rings. The van der Waals surface area contributed by atoms with Gasteiger partial charge >= 0.3 is 6.09 Å². The lowest BCUT2D eigenvalue weighted by Crippen LogP contribution is -2.52. The number of hydrogen-bond acceptors (Lipinski definition) is 4. The van der Waals surface area contributed by atoms with Gasteiger partial charge in [0.1, 0.15) is 11.6 Å². The largest absolute Gasteiger partial charge is 0.444 e. The monoisotopic (exact) mass is 308 g/mol. The Morgan fingerprint density at radius 1 is 1.23 bits per heavy atom. The van der Waals surface area contributed by atoms with E-state index in [1.165, 1.54) is 0 Å². The molecule has 3 N–H and O–H groups in total. The van der Waals surface area contributed by atoms with Crippen LogP contribution in [0.5, 0.6) is 0 Å². The lowest BCUT2D eigenvalue weighted by molar-refractivity contribution is -0.124. The van der Waals surface area contributed by atoms with Gasteiger partial charge in [0.25, 0.3) is 0 Å². The van der Waals surface area contributed by atoms with Gasteiger partial charge in [-0.15, -0.1) is 0 Å². The molecule has 0 aliphatic rings. The molecule has 0 saturated carbocycles. The lowest BCUT2D eigenvalue weighted by Gasteiger charge is -2.25. The van der Waals surface area contributed by atoms with Crippen molar-refractivity contribution in [3.05, 3.63) is 35.9 Å². The molecular weight excluding hydrogens is 284 g/mol. The summed E-state index contributed by atoms with van der Waals surface area (Å²) in [5, 5.41) is 2.45. The molecular formula is C16H24N2O4. The van der Waals surface area contributed by atoms with Crippen LogP contribution in [-0.4, -0.2) is 29.7 Å². The molecule has 0 aliphatic heterocycles. The molecule has 0 spiro atoms. The first-order valence-electron chi connectivity index (χ1n) is 7.13. The minimum atomic E-state index is -0.960. The summed E-state index contributed by atoms with van der Waals surface area (Å²) in [5.41, 5.74) is 5.64. The van der Waals surface area contributed by atoms with Gasteiger partial charge in [0, 0.05) is 0 Å². The van der Waals surface area contributed by atoms with Crippen LogP contribution < -0.4 is 11.1 Å². The van der Waals surface area contributed by atoms with Crippen LogP contribution in [0.25, 0.3) is 0 Å². The number of carbonyl (C=O) groups is 2. The molecule has 6 heteroatoms. The molecule has 0 bridgehead atoms. The first-order chi connectivity index (χ1) is 10.2. The summed E-state index contributed by atoms with van der Waals surface area (Å²) < 4.78 is 10.7. The van der Waals surface area contributed by atoms with Crippen LogP contribution in [0.1, 0.15) is 33.3 Å². The summed E-state index contributed by atoms with van der Waals surface area (Å²) in [6.07, 6.45) is -1.28. The number of carbonyl (C=O) groups excluding carboxylic acids is 2. The first kappa shape index (κ1) is 18.0. The summed E-state index contributed by atoms with van der Waals surface area (Å²) in [6, 6.07) is 8.56. The average molecular weight is 308 g/mol. The Hall–Kier alpha value is -2.08. The minimum absolute atomic E-state index is 0.321. The molecule has 6 nitrogen and oxygen atoms in total. The number of nitrogens with one attached hydrogen (secondary N) is 1. The molecule has 122 valence electrons. The van der Waals surface area contributed by atoms with Gasteiger partial charge in [-0.3, -0.25) is 4.79 Å². The molecule has 2 atom stereocenters. The molecule has 2 amide bonds. The maximum Gasteiger partial charge on any atom is 0.408 e. The van der Waals surface area contributed by atoms with Crippen molar-refractivity contribution in [2.24, 2.45) is 5.73 Å². The van der Waals surface area contributed by atoms with E-state index in [1.54, 1.807) is 27.7 Å². The first-order valence-corrected chi connectivity index (χ1v) is 7.13. The number of primary amides is 1. The number of amides is 2. The highest BCUT2D eigenvalue weighted by Gasteiger charge is 2.28. The van der Waals surface area contributed by atoms with Gasteiger partial charge in [-0.25, -0.2) is 4.79 Å². The summed E-state index contributed by atoms with van der Waals surface area (Å²) in [7, 11) is 0. The van der Waals surface area contributed by atoms with Gasteiger partial charge in [0.15, 0.2) is 0 Å². The number of nitrogens with two attached hydrogens (primary N) is 1. The average Bonchev–Trinajstić information content (AvgIpc) is 2.41. The Balaban J connectivity index is 2.58. The SMILES string of the molecule is C[C@@H](OCc1ccccc1)[C@H](NC(=O)OC(C)(C)C)C(N)=O. The Morgan fingerprint density at radius 2 is 1.82 bits per heavy atom. The van der Waals surface area contributed by atoms with Crippen molar-refractivity contribution in [3.63, 3.8) is 0 Å². The zero-order valence-electron chi connectivity index (χ0n) is 13.5. The highest BCUT2D eigenvalue weighted by molar-refractivity contribution is 5.84. The molecule has 22 heavy (non-hydrogen) atoms. The summed E-state index contributed by atoms with van der Waals surface area (Å²) in [6.45, 7) is 7.21. The van der Waals surface area contributed by atoms with Crippen LogP contribution >= 0.6 is 0 Å². The third-order valence-corrected chi connectivity index (χ3v) is 2.80. The van der Waals surface area contributed by atoms with Crippen molar-refractivity contribution in [2.45, 2.75) is 52.0 Å². The third kappa shape index (κ3) is 6.58. The Labute approximate surface area is 131 Å². The van der Waals surface area contributed by atoms with Gasteiger partial charge in [-0.05, 0) is 33.3 Å². The fourth-order valence-electron chi connectivity index (χ4n) is 1.75. The van der Waals surface area contributed by atoms with E-state index in [2.05, 4.69) is 5.32 Å². The van der Waals surface area contributed by atoms with Gasteiger partial charge < -0.3 is 20.5 Å². The van der Waals surface area contributed by atoms with E-state index in [0.717, 1.165) is 5.56 Å². The number of ether oxygens (including phenoxy) is 2. The van der Waals surface area contributed by atoms with Crippen molar-refractivity contribution in [1.29, 1.82) is 0 Å². The van der Waals surface area contributed by atoms with Crippen LogP contribution in [0, 0.1) is 0 Å². The van der Waals surface area contributed by atoms with Crippen molar-refractivity contribution in [2.75, 3.05) is 0 Å². The lowest BCUT2D eigenvalue weighted by atomic mass is 10.1. The predicted octanol–water partition coefficient (Wildman–Crippen LogP) is 1.97. The summed E-state index contributed by atoms with van der Waals surface area (Å²) >= 11 is 0. The quantitative estimate of drug-likeness (QED) is 0.840. The molecule has 0 heterocycles. The highest BCUT2D eigenvalue weighted by Crippen LogP contribution is 2.09. The predicted molar refractivity (Wildman–Crippen MR) is 83.0 cm³/mol. The Bertz CT molecular complexity index is 497. The van der Waals surface area contributed by atoms with Crippen LogP contribution in [0.3, 0.4) is 0 Å². The number of rotatable bonds is 6. The maximum atomic E-state index is 11.8. The van der Waals surface area contributed by atoms with Crippen molar-refractivity contribution < 1.29 is 19.1 Å². The Kier molecular flexibility index (Phi) is 6.37. The second-order valence-electron chi connectivity index (χ2n) is 6.03. The van der Waals surface area contributed by atoms with E-state index in [9.17, 15) is 9.59 Å². The van der Waals surface area contributed by atoms with Crippen LogP contribution in [0.4, 0.5) is 4.79 Å². The second-order valence-corrected chi connectivity index (χ2v) is 6.03. The van der Waals surface area contributed by atoms with Crippen LogP contribution in [-0.2, 0) is 20.9 Å². The topological polar surface area (TPSA) is 90.7 Å². The van der Waals surface area contributed by atoms with E-state index in [4.69, 9.17) is 15.2 Å². The van der Waals surface area contributed by atoms with E-state index < -0.39 is 29.7 Å². The fraction of sp³-hybridized carbons (Fsp3) is 0.500. The van der Waals surface area contributed by atoms with Crippen molar-refractivity contribution in [1.82, 2.24) is 5.32 Å². The normalized spacial score (nSPS) is 14.0. The van der Waals surface area contributed by atoms with E-state index >= 15 is 0 Å². The van der Waals surface area contributed by atoms with E-state index in [-0.39, 0.29) is 0 Å². The van der Waals surface area contributed by atoms with Crippen molar-refractivity contribution in [3.8, 4) is 0 Å². The van der Waals surface area contributed by atoms with Gasteiger partial charge in [-0.2, -0.15) is 0 Å². The van der Waals surface area contributed by atoms with E-state index in [0.29, 0.717) is 6.61 Å². The number of hydrogen-bond donors (Lipinski definition) is 2. The smallest absolute Gasteiger partial charge is 0.408 e.